The van der Waals surface area contributed by atoms with E-state index in [0.29, 0.717) is 10.9 Å². The molecule has 2 aromatic rings. The molecule has 5 heteroatoms. The Kier molecular flexibility index (Phi) is 3.90. The molecule has 1 aliphatic heterocycles. The number of hydrogen-bond acceptors (Lipinski definition) is 3. The quantitative estimate of drug-likeness (QED) is 0.585. The van der Waals surface area contributed by atoms with E-state index in [2.05, 4.69) is 20.9 Å². The summed E-state index contributed by atoms with van der Waals surface area (Å²) < 4.78 is 6.15. The number of nitrogens with zero attached hydrogens (tertiary/aromatic N) is 1. The van der Waals surface area contributed by atoms with E-state index in [4.69, 9.17) is 16.3 Å². The molecule has 3 rings (SSSR count). The highest BCUT2D eigenvalue weighted by molar-refractivity contribution is 9.10. The van der Waals surface area contributed by atoms with Gasteiger partial charge in [-0.3, -0.25) is 0 Å². The molecule has 0 fully saturated rings. The second-order valence-electron chi connectivity index (χ2n) is 4.39. The third-order valence-electron chi connectivity index (χ3n) is 2.89. The van der Waals surface area contributed by atoms with Gasteiger partial charge in [-0.2, -0.15) is 0 Å². The van der Waals surface area contributed by atoms with E-state index >= 15 is 0 Å². The Balaban J connectivity index is 1.91. The summed E-state index contributed by atoms with van der Waals surface area (Å²) >= 11 is 9.19. The number of ether oxygens (including phenoxy) is 1. The van der Waals surface area contributed by atoms with Gasteiger partial charge in [0.2, 0.25) is 5.90 Å². The molecule has 3 nitrogen and oxygen atoms in total. The molecule has 0 bridgehead atoms. The van der Waals surface area contributed by atoms with E-state index < -0.39 is 5.97 Å². The fourth-order valence-electron chi connectivity index (χ4n) is 1.84. The Morgan fingerprint density at radius 1 is 1.05 bits per heavy atom. The first-order valence-corrected chi connectivity index (χ1v) is 7.33. The van der Waals surface area contributed by atoms with Gasteiger partial charge < -0.3 is 4.74 Å². The SMILES string of the molecule is O=C1OC(c2ccc(Br)cc2)=NC1=Cc1ccc(Cl)cc1. The van der Waals surface area contributed by atoms with Gasteiger partial charge in [0.1, 0.15) is 0 Å². The third kappa shape index (κ3) is 3.23. The molecular formula is C16H9BrClNO2. The van der Waals surface area contributed by atoms with Gasteiger partial charge in [0.25, 0.3) is 0 Å². The van der Waals surface area contributed by atoms with Gasteiger partial charge in [0, 0.05) is 15.1 Å². The first-order valence-electron chi connectivity index (χ1n) is 6.16. The van der Waals surface area contributed by atoms with Crippen LogP contribution in [0.3, 0.4) is 0 Å². The topological polar surface area (TPSA) is 38.7 Å². The lowest BCUT2D eigenvalue weighted by atomic mass is 10.2. The van der Waals surface area contributed by atoms with Gasteiger partial charge in [-0.25, -0.2) is 9.79 Å². The third-order valence-corrected chi connectivity index (χ3v) is 3.67. The second-order valence-corrected chi connectivity index (χ2v) is 5.75. The Hall–Kier alpha value is -1.91. The average molecular weight is 363 g/mol. The molecular weight excluding hydrogens is 354 g/mol. The molecule has 0 radical (unpaired) electrons. The van der Waals surface area contributed by atoms with Crippen LogP contribution in [0.1, 0.15) is 11.1 Å². The lowest BCUT2D eigenvalue weighted by Crippen LogP contribution is -2.05. The molecule has 2 aromatic carbocycles. The molecule has 0 unspecified atom stereocenters. The number of benzene rings is 2. The minimum Gasteiger partial charge on any atom is -0.402 e. The van der Waals surface area contributed by atoms with Crippen LogP contribution in [0.15, 0.2) is 63.7 Å². The van der Waals surface area contributed by atoms with Crippen molar-refractivity contribution in [2.75, 3.05) is 0 Å². The van der Waals surface area contributed by atoms with Gasteiger partial charge in [0.05, 0.1) is 0 Å². The summed E-state index contributed by atoms with van der Waals surface area (Å²) in [5.41, 5.74) is 1.87. The number of hydrogen-bond donors (Lipinski definition) is 0. The van der Waals surface area contributed by atoms with E-state index in [1.165, 1.54) is 0 Å². The van der Waals surface area contributed by atoms with E-state index in [-0.39, 0.29) is 5.70 Å². The van der Waals surface area contributed by atoms with Gasteiger partial charge in [-0.05, 0) is 48.0 Å². The Labute approximate surface area is 135 Å². The number of carbonyl (C=O) groups is 1. The maximum atomic E-state index is 11.9. The summed E-state index contributed by atoms with van der Waals surface area (Å²) in [4.78, 5) is 16.1. The zero-order valence-corrected chi connectivity index (χ0v) is 13.1. The number of carbonyl (C=O) groups excluding carboxylic acids is 1. The Morgan fingerprint density at radius 2 is 1.71 bits per heavy atom. The first kappa shape index (κ1) is 14.0. The number of rotatable bonds is 2. The van der Waals surface area contributed by atoms with Gasteiger partial charge in [0.15, 0.2) is 5.70 Å². The van der Waals surface area contributed by atoms with Crippen LogP contribution >= 0.6 is 27.5 Å². The summed E-state index contributed by atoms with van der Waals surface area (Å²) in [7, 11) is 0. The Bertz CT molecular complexity index is 749. The lowest BCUT2D eigenvalue weighted by molar-refractivity contribution is -0.129. The van der Waals surface area contributed by atoms with Crippen LogP contribution in [0.5, 0.6) is 0 Å². The van der Waals surface area contributed by atoms with Crippen molar-refractivity contribution in [3.63, 3.8) is 0 Å². The maximum Gasteiger partial charge on any atom is 0.363 e. The highest BCUT2D eigenvalue weighted by atomic mass is 79.9. The van der Waals surface area contributed by atoms with Crippen LogP contribution in [0, 0.1) is 0 Å². The van der Waals surface area contributed by atoms with E-state index in [9.17, 15) is 4.79 Å². The molecule has 104 valence electrons. The van der Waals surface area contributed by atoms with Crippen LogP contribution in [0.2, 0.25) is 5.02 Å². The molecule has 0 amide bonds. The van der Waals surface area contributed by atoms with Crippen molar-refractivity contribution in [2.45, 2.75) is 0 Å². The molecule has 0 saturated heterocycles. The molecule has 0 aromatic heterocycles. The zero-order valence-electron chi connectivity index (χ0n) is 10.7. The van der Waals surface area contributed by atoms with Crippen LogP contribution in [0.4, 0.5) is 0 Å². The largest absolute Gasteiger partial charge is 0.402 e. The molecule has 0 spiro atoms. The van der Waals surface area contributed by atoms with Crippen LogP contribution < -0.4 is 0 Å². The van der Waals surface area contributed by atoms with Crippen LogP contribution in [0.25, 0.3) is 6.08 Å². The second kappa shape index (κ2) is 5.84. The number of aliphatic imine (C=N–C) groups is 1. The lowest BCUT2D eigenvalue weighted by Gasteiger charge is -1.98. The average Bonchev–Trinajstić information content (AvgIpc) is 2.83. The smallest absolute Gasteiger partial charge is 0.363 e. The fourth-order valence-corrected chi connectivity index (χ4v) is 2.23. The van der Waals surface area contributed by atoms with Crippen LogP contribution in [-0.2, 0) is 9.53 Å². The summed E-state index contributed by atoms with van der Waals surface area (Å²) in [6.45, 7) is 0. The minimum atomic E-state index is -0.456. The molecule has 1 heterocycles. The molecule has 21 heavy (non-hydrogen) atoms. The fraction of sp³-hybridized carbons (Fsp3) is 0. The van der Waals surface area contributed by atoms with Crippen molar-refractivity contribution in [1.29, 1.82) is 0 Å². The zero-order chi connectivity index (χ0) is 14.8. The molecule has 1 aliphatic rings. The monoisotopic (exact) mass is 361 g/mol. The molecule has 0 N–H and O–H groups in total. The predicted molar refractivity (Wildman–Crippen MR) is 86.2 cm³/mol. The van der Waals surface area contributed by atoms with E-state index in [1.807, 2.05) is 36.4 Å². The van der Waals surface area contributed by atoms with Crippen molar-refractivity contribution >= 4 is 45.5 Å². The summed E-state index contributed by atoms with van der Waals surface area (Å²) in [5.74, 6) is -0.143. The first-order chi connectivity index (χ1) is 10.1. The number of cyclic esters (lactones) is 1. The standard InChI is InChI=1S/C16H9BrClNO2/c17-12-5-3-11(4-6-12)15-19-14(16(20)21-15)9-10-1-7-13(18)8-2-10/h1-9H. The summed E-state index contributed by atoms with van der Waals surface area (Å²) in [6, 6.07) is 14.6. The Morgan fingerprint density at radius 3 is 2.38 bits per heavy atom. The van der Waals surface area contributed by atoms with Gasteiger partial charge >= 0.3 is 5.97 Å². The van der Waals surface area contributed by atoms with E-state index in [1.54, 1.807) is 18.2 Å². The maximum absolute atomic E-state index is 11.9. The number of esters is 1. The molecule has 0 saturated carbocycles. The van der Waals surface area contributed by atoms with Crippen molar-refractivity contribution in [3.05, 3.63) is 74.9 Å². The van der Waals surface area contributed by atoms with E-state index in [0.717, 1.165) is 15.6 Å². The number of halogens is 2. The van der Waals surface area contributed by atoms with Crippen molar-refractivity contribution < 1.29 is 9.53 Å². The summed E-state index contributed by atoms with van der Waals surface area (Å²) in [6.07, 6.45) is 1.67. The predicted octanol–water partition coefficient (Wildman–Crippen LogP) is 4.45. The normalized spacial score (nSPS) is 16.0. The molecule has 0 aliphatic carbocycles. The minimum absolute atomic E-state index is 0.273. The molecule has 0 atom stereocenters. The summed E-state index contributed by atoms with van der Waals surface area (Å²) in [5, 5.41) is 0.644. The van der Waals surface area contributed by atoms with Gasteiger partial charge in [-0.1, -0.05) is 39.7 Å². The van der Waals surface area contributed by atoms with Crippen molar-refractivity contribution in [2.24, 2.45) is 4.99 Å². The van der Waals surface area contributed by atoms with Crippen LogP contribution in [-0.4, -0.2) is 11.9 Å². The van der Waals surface area contributed by atoms with Gasteiger partial charge in [-0.15, -0.1) is 0 Å². The highest BCUT2D eigenvalue weighted by Gasteiger charge is 2.23. The van der Waals surface area contributed by atoms with Crippen molar-refractivity contribution in [3.8, 4) is 0 Å². The highest BCUT2D eigenvalue weighted by Crippen LogP contribution is 2.21. The van der Waals surface area contributed by atoms with Crippen molar-refractivity contribution in [1.82, 2.24) is 0 Å².